The molecule has 0 aliphatic heterocycles. The summed E-state index contributed by atoms with van der Waals surface area (Å²) >= 11 is 0. The first-order valence-corrected chi connectivity index (χ1v) is 9.05. The van der Waals surface area contributed by atoms with E-state index in [1.54, 1.807) is 72.8 Å². The number of rotatable bonds is 6. The maximum Gasteiger partial charge on any atom is 0.343 e. The number of carbonyl (C=O) groups is 2. The highest BCUT2D eigenvalue weighted by Crippen LogP contribution is 2.16. The second-order valence-electron chi connectivity index (χ2n) is 6.35. The lowest BCUT2D eigenvalue weighted by atomic mass is 10.1. The van der Waals surface area contributed by atoms with Crippen LogP contribution in [0.4, 0.5) is 0 Å². The van der Waals surface area contributed by atoms with Crippen molar-refractivity contribution in [1.82, 2.24) is 0 Å². The van der Waals surface area contributed by atoms with Crippen molar-refractivity contribution in [3.8, 4) is 11.5 Å². The molecule has 0 atom stereocenters. The van der Waals surface area contributed by atoms with E-state index in [0.717, 1.165) is 16.7 Å². The first-order chi connectivity index (χ1) is 14.0. The van der Waals surface area contributed by atoms with Gasteiger partial charge in [-0.1, -0.05) is 54.6 Å². The number of esters is 2. The fourth-order valence-electron chi connectivity index (χ4n) is 2.49. The molecular formula is C25H20O4. The minimum Gasteiger partial charge on any atom is -0.423 e. The number of carbonyl (C=O) groups excluding carboxylic acids is 2. The average Bonchev–Trinajstić information content (AvgIpc) is 2.75. The van der Waals surface area contributed by atoms with E-state index in [9.17, 15) is 9.59 Å². The van der Waals surface area contributed by atoms with Gasteiger partial charge in [0, 0.05) is 6.08 Å². The molecule has 0 aliphatic rings. The van der Waals surface area contributed by atoms with E-state index in [0.29, 0.717) is 17.1 Å². The van der Waals surface area contributed by atoms with Crippen molar-refractivity contribution in [3.63, 3.8) is 0 Å². The Morgan fingerprint density at radius 3 is 1.93 bits per heavy atom. The monoisotopic (exact) mass is 384 g/mol. The molecule has 29 heavy (non-hydrogen) atoms. The van der Waals surface area contributed by atoms with Gasteiger partial charge in [-0.2, -0.15) is 0 Å². The van der Waals surface area contributed by atoms with Gasteiger partial charge in [-0.05, 0) is 60.5 Å². The lowest BCUT2D eigenvalue weighted by Crippen LogP contribution is -2.08. The molecule has 0 fully saturated rings. The van der Waals surface area contributed by atoms with Crippen molar-refractivity contribution in [2.24, 2.45) is 0 Å². The van der Waals surface area contributed by atoms with E-state index in [4.69, 9.17) is 9.47 Å². The molecule has 3 aromatic carbocycles. The molecule has 0 heterocycles. The number of benzene rings is 3. The molecule has 0 saturated heterocycles. The Bertz CT molecular complexity index is 1030. The van der Waals surface area contributed by atoms with Gasteiger partial charge in [0.1, 0.15) is 11.5 Å². The Balaban J connectivity index is 1.56. The fourth-order valence-corrected chi connectivity index (χ4v) is 2.49. The summed E-state index contributed by atoms with van der Waals surface area (Å²) in [7, 11) is 0. The van der Waals surface area contributed by atoms with Crippen LogP contribution in [0.25, 0.3) is 12.2 Å². The zero-order valence-electron chi connectivity index (χ0n) is 16.0. The molecule has 4 heteroatoms. The summed E-state index contributed by atoms with van der Waals surface area (Å²) in [4.78, 5) is 24.1. The van der Waals surface area contributed by atoms with Gasteiger partial charge in [-0.25, -0.2) is 9.59 Å². The van der Waals surface area contributed by atoms with Crippen molar-refractivity contribution >= 4 is 24.1 Å². The molecule has 4 nitrogen and oxygen atoms in total. The Kier molecular flexibility index (Phi) is 6.38. The number of hydrogen-bond donors (Lipinski definition) is 0. The molecule has 3 aromatic rings. The molecule has 0 saturated carbocycles. The zero-order chi connectivity index (χ0) is 20.6. The SMILES string of the molecule is C=Cc1ccc(C(=O)Oc2ccc(/C=C/C(=O)Oc3ccc(C)cc3)cc2)cc1. The highest BCUT2D eigenvalue weighted by molar-refractivity contribution is 5.91. The van der Waals surface area contributed by atoms with E-state index < -0.39 is 11.9 Å². The molecule has 0 spiro atoms. The van der Waals surface area contributed by atoms with Crippen molar-refractivity contribution in [1.29, 1.82) is 0 Å². The summed E-state index contributed by atoms with van der Waals surface area (Å²) in [6.45, 7) is 5.64. The third kappa shape index (κ3) is 5.78. The van der Waals surface area contributed by atoms with Crippen LogP contribution in [0.2, 0.25) is 0 Å². The molecule has 144 valence electrons. The summed E-state index contributed by atoms with van der Waals surface area (Å²) in [5, 5.41) is 0. The first kappa shape index (κ1) is 19.8. The van der Waals surface area contributed by atoms with Crippen LogP contribution in [0.5, 0.6) is 11.5 Å². The molecular weight excluding hydrogens is 364 g/mol. The Morgan fingerprint density at radius 2 is 1.31 bits per heavy atom. The van der Waals surface area contributed by atoms with Gasteiger partial charge in [0.25, 0.3) is 0 Å². The predicted molar refractivity (Wildman–Crippen MR) is 114 cm³/mol. The van der Waals surface area contributed by atoms with Gasteiger partial charge in [0.2, 0.25) is 0 Å². The second kappa shape index (κ2) is 9.33. The van der Waals surface area contributed by atoms with Crippen molar-refractivity contribution < 1.29 is 19.1 Å². The largest absolute Gasteiger partial charge is 0.423 e. The number of ether oxygens (including phenoxy) is 2. The number of hydrogen-bond acceptors (Lipinski definition) is 4. The van der Waals surface area contributed by atoms with E-state index >= 15 is 0 Å². The van der Waals surface area contributed by atoms with Crippen molar-refractivity contribution in [3.05, 3.63) is 108 Å². The fraction of sp³-hybridized carbons (Fsp3) is 0.0400. The summed E-state index contributed by atoms with van der Waals surface area (Å²) in [5.74, 6) is 0.00807. The lowest BCUT2D eigenvalue weighted by Gasteiger charge is -2.05. The topological polar surface area (TPSA) is 52.6 Å². The highest BCUT2D eigenvalue weighted by Gasteiger charge is 2.08. The minimum absolute atomic E-state index is 0.419. The van der Waals surface area contributed by atoms with Gasteiger partial charge in [-0.15, -0.1) is 0 Å². The molecule has 0 radical (unpaired) electrons. The highest BCUT2D eigenvalue weighted by atomic mass is 16.5. The lowest BCUT2D eigenvalue weighted by molar-refractivity contribution is -0.128. The summed E-state index contributed by atoms with van der Waals surface area (Å²) < 4.78 is 10.6. The van der Waals surface area contributed by atoms with Crippen LogP contribution >= 0.6 is 0 Å². The van der Waals surface area contributed by atoms with Gasteiger partial charge >= 0.3 is 11.9 Å². The Labute approximate surface area is 169 Å². The molecule has 0 aliphatic carbocycles. The number of aryl methyl sites for hydroxylation is 1. The van der Waals surface area contributed by atoms with Crippen LogP contribution < -0.4 is 9.47 Å². The van der Waals surface area contributed by atoms with E-state index in [1.165, 1.54) is 6.08 Å². The van der Waals surface area contributed by atoms with Gasteiger partial charge < -0.3 is 9.47 Å². The molecule has 3 rings (SSSR count). The van der Waals surface area contributed by atoms with E-state index in [2.05, 4.69) is 6.58 Å². The quantitative estimate of drug-likeness (QED) is 0.321. The van der Waals surface area contributed by atoms with Crippen LogP contribution in [0, 0.1) is 6.92 Å². The van der Waals surface area contributed by atoms with Crippen molar-refractivity contribution in [2.75, 3.05) is 0 Å². The summed E-state index contributed by atoms with van der Waals surface area (Å²) in [6, 6.07) is 21.1. The summed E-state index contributed by atoms with van der Waals surface area (Å²) in [5.41, 5.74) is 3.26. The van der Waals surface area contributed by atoms with Crippen LogP contribution in [0.15, 0.2) is 85.5 Å². The third-order valence-corrected chi connectivity index (χ3v) is 4.12. The van der Waals surface area contributed by atoms with E-state index in [1.807, 2.05) is 19.1 Å². The van der Waals surface area contributed by atoms with E-state index in [-0.39, 0.29) is 0 Å². The normalized spacial score (nSPS) is 10.5. The molecule has 0 amide bonds. The van der Waals surface area contributed by atoms with Crippen LogP contribution in [-0.4, -0.2) is 11.9 Å². The van der Waals surface area contributed by atoms with Crippen LogP contribution in [0.1, 0.15) is 27.0 Å². The smallest absolute Gasteiger partial charge is 0.343 e. The maximum absolute atomic E-state index is 12.2. The molecule has 0 unspecified atom stereocenters. The molecule has 0 N–H and O–H groups in total. The Hall–Kier alpha value is -3.92. The average molecular weight is 384 g/mol. The predicted octanol–water partition coefficient (Wildman–Crippen LogP) is 5.48. The third-order valence-electron chi connectivity index (χ3n) is 4.12. The standard InChI is InChI=1S/C25H20O4/c1-3-19-6-11-21(12-7-19)25(27)29-23-15-8-20(9-16-23)10-17-24(26)28-22-13-4-18(2)5-14-22/h3-17H,1H2,2H3/b17-10+. The second-order valence-corrected chi connectivity index (χ2v) is 6.35. The van der Waals surface area contributed by atoms with Crippen molar-refractivity contribution in [2.45, 2.75) is 6.92 Å². The van der Waals surface area contributed by atoms with Crippen LogP contribution in [0.3, 0.4) is 0 Å². The van der Waals surface area contributed by atoms with Gasteiger partial charge in [0.15, 0.2) is 0 Å². The minimum atomic E-state index is -0.465. The van der Waals surface area contributed by atoms with Gasteiger partial charge in [0.05, 0.1) is 5.56 Å². The van der Waals surface area contributed by atoms with Gasteiger partial charge in [-0.3, -0.25) is 0 Å². The first-order valence-electron chi connectivity index (χ1n) is 9.05. The zero-order valence-corrected chi connectivity index (χ0v) is 16.0. The van der Waals surface area contributed by atoms with Crippen LogP contribution in [-0.2, 0) is 4.79 Å². The Morgan fingerprint density at radius 1 is 0.759 bits per heavy atom. The molecule has 0 aromatic heterocycles. The maximum atomic E-state index is 12.2. The molecule has 0 bridgehead atoms. The summed E-state index contributed by atoms with van der Waals surface area (Å²) in [6.07, 6.45) is 4.69.